The summed E-state index contributed by atoms with van der Waals surface area (Å²) < 4.78 is 32.5. The van der Waals surface area contributed by atoms with Crippen molar-refractivity contribution in [2.75, 3.05) is 13.2 Å². The molecule has 1 aliphatic rings. The SMILES string of the molecule is CC(c1ccc(-c2ccc(F)cc2F)cc1)N1CCC(CCCO)OC1=O. The Balaban J connectivity index is 1.69. The topological polar surface area (TPSA) is 49.8 Å². The lowest BCUT2D eigenvalue weighted by atomic mass is 9.99. The number of hydrogen-bond acceptors (Lipinski definition) is 3. The average Bonchev–Trinajstić information content (AvgIpc) is 2.66. The number of aliphatic hydroxyl groups is 1. The molecule has 2 unspecified atom stereocenters. The van der Waals surface area contributed by atoms with Gasteiger partial charge in [-0.3, -0.25) is 0 Å². The van der Waals surface area contributed by atoms with Gasteiger partial charge >= 0.3 is 6.09 Å². The zero-order chi connectivity index (χ0) is 19.4. The van der Waals surface area contributed by atoms with Crippen LogP contribution in [0, 0.1) is 11.6 Å². The molecule has 0 saturated carbocycles. The average molecular weight is 375 g/mol. The number of hydrogen-bond donors (Lipinski definition) is 1. The first-order valence-corrected chi connectivity index (χ1v) is 9.13. The van der Waals surface area contributed by atoms with E-state index in [0.29, 0.717) is 30.5 Å². The van der Waals surface area contributed by atoms with Crippen molar-refractivity contribution < 1.29 is 23.4 Å². The van der Waals surface area contributed by atoms with Crippen molar-refractivity contribution in [3.05, 3.63) is 59.7 Å². The molecule has 0 bridgehead atoms. The number of aliphatic hydroxyl groups excluding tert-OH is 1. The van der Waals surface area contributed by atoms with Crippen molar-refractivity contribution >= 4 is 6.09 Å². The third-order valence-corrected chi connectivity index (χ3v) is 4.98. The second-order valence-electron chi connectivity index (χ2n) is 6.78. The molecule has 3 rings (SSSR count). The molecule has 6 heteroatoms. The Morgan fingerprint density at radius 3 is 2.59 bits per heavy atom. The molecule has 2 atom stereocenters. The standard InChI is InChI=1S/C21H23F2NO3/c1-14(24-11-10-18(3-2-12-25)27-21(24)26)15-4-6-16(7-5-15)19-9-8-17(22)13-20(19)23/h4-9,13-14,18,25H,2-3,10-12H2,1H3. The van der Waals surface area contributed by atoms with Crippen molar-refractivity contribution in [2.45, 2.75) is 38.3 Å². The predicted molar refractivity (Wildman–Crippen MR) is 98.1 cm³/mol. The highest BCUT2D eigenvalue weighted by Crippen LogP contribution is 2.29. The van der Waals surface area contributed by atoms with Crippen molar-refractivity contribution in [3.63, 3.8) is 0 Å². The van der Waals surface area contributed by atoms with Gasteiger partial charge in [-0.25, -0.2) is 13.6 Å². The van der Waals surface area contributed by atoms with Crippen molar-refractivity contribution in [1.82, 2.24) is 4.90 Å². The summed E-state index contributed by atoms with van der Waals surface area (Å²) >= 11 is 0. The quantitative estimate of drug-likeness (QED) is 0.798. The minimum atomic E-state index is -0.609. The van der Waals surface area contributed by atoms with Crippen LogP contribution >= 0.6 is 0 Å². The fourth-order valence-electron chi connectivity index (χ4n) is 3.36. The molecular formula is C21H23F2NO3. The lowest BCUT2D eigenvalue weighted by Gasteiger charge is -2.35. The van der Waals surface area contributed by atoms with Crippen molar-refractivity contribution in [3.8, 4) is 11.1 Å². The maximum absolute atomic E-state index is 13.9. The van der Waals surface area contributed by atoms with Crippen LogP contribution in [-0.4, -0.2) is 35.4 Å². The van der Waals surface area contributed by atoms with Gasteiger partial charge in [-0.2, -0.15) is 0 Å². The van der Waals surface area contributed by atoms with Gasteiger partial charge in [-0.1, -0.05) is 24.3 Å². The monoisotopic (exact) mass is 375 g/mol. The maximum atomic E-state index is 13.9. The van der Waals surface area contributed by atoms with Crippen molar-refractivity contribution in [2.24, 2.45) is 0 Å². The molecule has 1 heterocycles. The van der Waals surface area contributed by atoms with Crippen LogP contribution in [0.15, 0.2) is 42.5 Å². The maximum Gasteiger partial charge on any atom is 0.410 e. The zero-order valence-electron chi connectivity index (χ0n) is 15.2. The molecule has 1 saturated heterocycles. The molecule has 1 N–H and O–H groups in total. The van der Waals surface area contributed by atoms with Gasteiger partial charge in [0.05, 0.1) is 6.04 Å². The van der Waals surface area contributed by atoms with Gasteiger partial charge in [0, 0.05) is 31.2 Å². The van der Waals surface area contributed by atoms with Crippen LogP contribution in [0.4, 0.5) is 13.6 Å². The van der Waals surface area contributed by atoms with Gasteiger partial charge in [0.15, 0.2) is 0 Å². The van der Waals surface area contributed by atoms with Crippen LogP contribution in [0.2, 0.25) is 0 Å². The Morgan fingerprint density at radius 2 is 1.96 bits per heavy atom. The fraction of sp³-hybridized carbons (Fsp3) is 0.381. The van der Waals surface area contributed by atoms with Crippen LogP contribution in [0.25, 0.3) is 11.1 Å². The van der Waals surface area contributed by atoms with E-state index >= 15 is 0 Å². The summed E-state index contributed by atoms with van der Waals surface area (Å²) in [4.78, 5) is 14.0. The molecule has 0 aliphatic carbocycles. The molecular weight excluding hydrogens is 352 g/mol. The molecule has 4 nitrogen and oxygen atoms in total. The Bertz CT molecular complexity index is 795. The molecule has 0 aromatic heterocycles. The minimum Gasteiger partial charge on any atom is -0.446 e. The summed E-state index contributed by atoms with van der Waals surface area (Å²) in [6.07, 6.45) is 1.52. The summed E-state index contributed by atoms with van der Waals surface area (Å²) in [6, 6.07) is 10.5. The van der Waals surface area contributed by atoms with E-state index in [4.69, 9.17) is 9.84 Å². The van der Waals surface area contributed by atoms with E-state index in [1.54, 1.807) is 17.0 Å². The molecule has 0 radical (unpaired) electrons. The smallest absolute Gasteiger partial charge is 0.410 e. The zero-order valence-corrected chi connectivity index (χ0v) is 15.2. The van der Waals surface area contributed by atoms with Gasteiger partial charge in [0.1, 0.15) is 17.7 Å². The normalized spacial score (nSPS) is 18.3. The number of cyclic esters (lactones) is 1. The van der Waals surface area contributed by atoms with Gasteiger partial charge in [-0.05, 0) is 43.0 Å². The lowest BCUT2D eigenvalue weighted by Crippen LogP contribution is -2.43. The number of nitrogens with zero attached hydrogens (tertiary/aromatic N) is 1. The number of rotatable bonds is 6. The highest BCUT2D eigenvalue weighted by atomic mass is 19.1. The second kappa shape index (κ2) is 8.48. The first kappa shape index (κ1) is 19.3. The molecule has 1 aliphatic heterocycles. The molecule has 2 aromatic rings. The van der Waals surface area contributed by atoms with E-state index in [1.165, 1.54) is 12.1 Å². The molecule has 1 fully saturated rings. The van der Waals surface area contributed by atoms with Gasteiger partial charge in [0.25, 0.3) is 0 Å². The summed E-state index contributed by atoms with van der Waals surface area (Å²) in [6.45, 7) is 2.60. The molecule has 27 heavy (non-hydrogen) atoms. The molecule has 1 amide bonds. The van der Waals surface area contributed by atoms with Crippen LogP contribution in [0.1, 0.15) is 37.8 Å². The van der Waals surface area contributed by atoms with E-state index in [-0.39, 0.29) is 24.8 Å². The van der Waals surface area contributed by atoms with E-state index in [2.05, 4.69) is 0 Å². The molecule has 144 valence electrons. The second-order valence-corrected chi connectivity index (χ2v) is 6.78. The first-order valence-electron chi connectivity index (χ1n) is 9.13. The summed E-state index contributed by atoms with van der Waals surface area (Å²) in [7, 11) is 0. The number of halogens is 2. The minimum absolute atomic E-state index is 0.0924. The largest absolute Gasteiger partial charge is 0.446 e. The summed E-state index contributed by atoms with van der Waals surface area (Å²) in [5.74, 6) is -1.22. The van der Waals surface area contributed by atoms with E-state index in [1.807, 2.05) is 19.1 Å². The predicted octanol–water partition coefficient (Wildman–Crippen LogP) is 4.68. The Labute approximate surface area is 157 Å². The Hall–Kier alpha value is -2.47. The van der Waals surface area contributed by atoms with Gasteiger partial charge in [0.2, 0.25) is 0 Å². The Morgan fingerprint density at radius 1 is 1.22 bits per heavy atom. The van der Waals surface area contributed by atoms with Gasteiger partial charge < -0.3 is 14.7 Å². The van der Waals surface area contributed by atoms with Crippen LogP contribution < -0.4 is 0 Å². The first-order chi connectivity index (χ1) is 13.0. The summed E-state index contributed by atoms with van der Waals surface area (Å²) in [5.41, 5.74) is 1.89. The number of carbonyl (C=O) groups excluding carboxylic acids is 1. The number of carbonyl (C=O) groups is 1. The van der Waals surface area contributed by atoms with Crippen LogP contribution in [-0.2, 0) is 4.74 Å². The third-order valence-electron chi connectivity index (χ3n) is 4.98. The van der Waals surface area contributed by atoms with E-state index in [0.717, 1.165) is 18.1 Å². The number of amides is 1. The number of ether oxygens (including phenoxy) is 1. The number of benzene rings is 2. The highest BCUT2D eigenvalue weighted by molar-refractivity contribution is 5.69. The fourth-order valence-corrected chi connectivity index (χ4v) is 3.36. The third kappa shape index (κ3) is 4.45. The highest BCUT2D eigenvalue weighted by Gasteiger charge is 2.30. The van der Waals surface area contributed by atoms with Gasteiger partial charge in [-0.15, -0.1) is 0 Å². The molecule has 2 aromatic carbocycles. The lowest BCUT2D eigenvalue weighted by molar-refractivity contribution is 0.00760. The van der Waals surface area contributed by atoms with E-state index in [9.17, 15) is 13.6 Å². The van der Waals surface area contributed by atoms with E-state index < -0.39 is 11.6 Å². The van der Waals surface area contributed by atoms with Crippen LogP contribution in [0.5, 0.6) is 0 Å². The van der Waals surface area contributed by atoms with Crippen LogP contribution in [0.3, 0.4) is 0 Å². The van der Waals surface area contributed by atoms with Crippen molar-refractivity contribution in [1.29, 1.82) is 0 Å². The summed E-state index contributed by atoms with van der Waals surface area (Å²) in [5, 5.41) is 8.89. The Kier molecular flexibility index (Phi) is 6.06. The molecule has 0 spiro atoms.